The van der Waals surface area contributed by atoms with E-state index in [0.29, 0.717) is 44.8 Å². The molecule has 0 amide bonds. The largest absolute Gasteiger partial charge is 0.492 e. The molecule has 178 valence electrons. The second-order valence-electron chi connectivity index (χ2n) is 7.72. The Morgan fingerprint density at radius 3 is 2.40 bits per heavy atom. The third kappa shape index (κ3) is 5.80. The highest BCUT2D eigenvalue weighted by atomic mass is 35.5. The maximum atomic E-state index is 9.70. The van der Waals surface area contributed by atoms with Gasteiger partial charge >= 0.3 is 0 Å². The molecule has 0 saturated heterocycles. The first-order chi connectivity index (χ1) is 17.0. The highest BCUT2D eigenvalue weighted by Crippen LogP contribution is 2.37. The summed E-state index contributed by atoms with van der Waals surface area (Å²) in [6.07, 6.45) is 1.65. The van der Waals surface area contributed by atoms with E-state index in [-0.39, 0.29) is 5.69 Å². The number of halogens is 2. The number of aromatic nitrogens is 3. The molecule has 0 fully saturated rings. The van der Waals surface area contributed by atoms with Crippen LogP contribution in [0.25, 0.3) is 22.2 Å². The molecule has 4 aromatic rings. The van der Waals surface area contributed by atoms with Crippen LogP contribution < -0.4 is 10.1 Å². The minimum Gasteiger partial charge on any atom is -0.492 e. The molecule has 2 aromatic heterocycles. The van der Waals surface area contributed by atoms with Crippen molar-refractivity contribution in [2.75, 3.05) is 31.6 Å². The fraction of sp³-hybridized carbons (Fsp3) is 0.231. The molecule has 4 rings (SSSR count). The fourth-order valence-corrected chi connectivity index (χ4v) is 4.25. The highest BCUT2D eigenvalue weighted by molar-refractivity contribution is 6.39. The van der Waals surface area contributed by atoms with Gasteiger partial charge in [-0.1, -0.05) is 43.1 Å². The molecule has 0 radical (unpaired) electrons. The summed E-state index contributed by atoms with van der Waals surface area (Å²) in [5.74, 6) is 1.17. The van der Waals surface area contributed by atoms with Crippen LogP contribution in [-0.4, -0.2) is 46.1 Å². The molecule has 2 aromatic carbocycles. The molecule has 0 bridgehead atoms. The van der Waals surface area contributed by atoms with Crippen molar-refractivity contribution < 1.29 is 4.74 Å². The third-order valence-electron chi connectivity index (χ3n) is 5.59. The molecule has 1 N–H and O–H groups in total. The van der Waals surface area contributed by atoms with E-state index in [1.807, 2.05) is 24.3 Å². The minimum absolute atomic E-state index is 0.184. The average molecular weight is 507 g/mol. The molecule has 7 nitrogen and oxygen atoms in total. The Bertz CT molecular complexity index is 1350. The smallest absolute Gasteiger partial charge is 0.229 e. The Morgan fingerprint density at radius 1 is 1.03 bits per heavy atom. The zero-order valence-corrected chi connectivity index (χ0v) is 20.9. The van der Waals surface area contributed by atoms with E-state index in [2.05, 4.69) is 45.1 Å². The predicted octanol–water partition coefficient (Wildman–Crippen LogP) is 6.33. The molecule has 0 atom stereocenters. The lowest BCUT2D eigenvalue weighted by Gasteiger charge is -2.18. The molecule has 0 unspecified atom stereocenters. The van der Waals surface area contributed by atoms with Crippen molar-refractivity contribution in [3.8, 4) is 22.9 Å². The van der Waals surface area contributed by atoms with Crippen LogP contribution in [0.2, 0.25) is 10.0 Å². The van der Waals surface area contributed by atoms with Gasteiger partial charge < -0.3 is 15.0 Å². The molecule has 0 aliphatic heterocycles. The maximum Gasteiger partial charge on any atom is 0.229 e. The van der Waals surface area contributed by atoms with Gasteiger partial charge in [0.15, 0.2) is 11.3 Å². The van der Waals surface area contributed by atoms with Crippen molar-refractivity contribution in [1.82, 2.24) is 19.9 Å². The SMILES string of the molecule is CCN(CC)CCOc1ccc(Nc2ncc3cc(-c4c(Cl)cccc4Cl)c(C#N)nc3n2)cc1. The van der Waals surface area contributed by atoms with Gasteiger partial charge in [0.05, 0.1) is 0 Å². The molecule has 9 heteroatoms. The Hall–Kier alpha value is -3.44. The summed E-state index contributed by atoms with van der Waals surface area (Å²) in [5.41, 5.74) is 2.48. The van der Waals surface area contributed by atoms with Gasteiger partial charge in [-0.15, -0.1) is 0 Å². The molecule has 0 aliphatic carbocycles. The monoisotopic (exact) mass is 506 g/mol. The molecule has 0 saturated carbocycles. The van der Waals surface area contributed by atoms with Gasteiger partial charge in [-0.3, -0.25) is 0 Å². The van der Waals surface area contributed by atoms with Gasteiger partial charge in [-0.25, -0.2) is 9.97 Å². The van der Waals surface area contributed by atoms with Crippen LogP contribution in [0.15, 0.2) is 54.7 Å². The standard InChI is InChI=1S/C26H24Cl2N6O/c1-3-34(4-2)12-13-35-19-10-8-18(9-11-19)31-26-30-16-17-14-20(23(15-29)32-25(17)33-26)24-21(27)6-5-7-22(24)28/h5-11,14,16H,3-4,12-13H2,1-2H3,(H,30,31,32,33). The summed E-state index contributed by atoms with van der Waals surface area (Å²) in [5, 5.41) is 14.4. The van der Waals surface area contributed by atoms with Gasteiger partial charge in [0.1, 0.15) is 18.4 Å². The first-order valence-corrected chi connectivity index (χ1v) is 12.0. The number of benzene rings is 2. The summed E-state index contributed by atoms with van der Waals surface area (Å²) in [6, 6.07) is 16.7. The van der Waals surface area contributed by atoms with Crippen LogP contribution in [-0.2, 0) is 0 Å². The number of anilines is 2. The van der Waals surface area contributed by atoms with E-state index in [1.54, 1.807) is 30.5 Å². The quantitative estimate of drug-likeness (QED) is 0.283. The van der Waals surface area contributed by atoms with Crippen LogP contribution in [0.5, 0.6) is 5.75 Å². The number of fused-ring (bicyclic) bond motifs is 1. The Labute approximate surface area is 214 Å². The number of pyridine rings is 1. The predicted molar refractivity (Wildman–Crippen MR) is 141 cm³/mol. The van der Waals surface area contributed by atoms with Crippen LogP contribution in [0, 0.1) is 11.3 Å². The van der Waals surface area contributed by atoms with Crippen molar-refractivity contribution in [3.05, 3.63) is 70.5 Å². The summed E-state index contributed by atoms with van der Waals surface area (Å²) in [4.78, 5) is 15.6. The van der Waals surface area contributed by atoms with E-state index < -0.39 is 0 Å². The molecular weight excluding hydrogens is 483 g/mol. The molecule has 0 aliphatic rings. The van der Waals surface area contributed by atoms with Crippen LogP contribution in [0.3, 0.4) is 0 Å². The van der Waals surface area contributed by atoms with E-state index in [9.17, 15) is 5.26 Å². The zero-order chi connectivity index (χ0) is 24.8. The number of hydrogen-bond acceptors (Lipinski definition) is 7. The first kappa shape index (κ1) is 24.7. The lowest BCUT2D eigenvalue weighted by atomic mass is 10.0. The normalized spacial score (nSPS) is 11.0. The lowest BCUT2D eigenvalue weighted by molar-refractivity contribution is 0.223. The van der Waals surface area contributed by atoms with Crippen molar-refractivity contribution in [3.63, 3.8) is 0 Å². The summed E-state index contributed by atoms with van der Waals surface area (Å²) >= 11 is 12.7. The highest BCUT2D eigenvalue weighted by Gasteiger charge is 2.16. The number of nitrogens with zero attached hydrogens (tertiary/aromatic N) is 5. The zero-order valence-electron chi connectivity index (χ0n) is 19.4. The lowest BCUT2D eigenvalue weighted by Crippen LogP contribution is -2.27. The molecular formula is C26H24Cl2N6O. The summed E-state index contributed by atoms with van der Waals surface area (Å²) < 4.78 is 5.83. The second-order valence-corrected chi connectivity index (χ2v) is 8.54. The second kappa shape index (κ2) is 11.3. The van der Waals surface area contributed by atoms with Crippen molar-refractivity contribution in [1.29, 1.82) is 5.26 Å². The number of likely N-dealkylation sites (N-methyl/N-ethyl adjacent to an activating group) is 1. The van der Waals surface area contributed by atoms with Crippen LogP contribution >= 0.6 is 23.2 Å². The Balaban J connectivity index is 1.52. The number of hydrogen-bond donors (Lipinski definition) is 1. The number of rotatable bonds is 9. The number of ether oxygens (including phenoxy) is 1. The van der Waals surface area contributed by atoms with Gasteiger partial charge in [-0.05, 0) is 55.6 Å². The number of nitrogens with one attached hydrogen (secondary N) is 1. The van der Waals surface area contributed by atoms with Gasteiger partial charge in [0.25, 0.3) is 0 Å². The van der Waals surface area contributed by atoms with E-state index in [1.165, 1.54) is 0 Å². The molecule has 0 spiro atoms. The van der Waals surface area contributed by atoms with Crippen molar-refractivity contribution in [2.45, 2.75) is 13.8 Å². The third-order valence-corrected chi connectivity index (χ3v) is 6.22. The average Bonchev–Trinajstić information content (AvgIpc) is 2.87. The van der Waals surface area contributed by atoms with E-state index in [0.717, 1.165) is 31.1 Å². The van der Waals surface area contributed by atoms with Crippen LogP contribution in [0.1, 0.15) is 19.5 Å². The van der Waals surface area contributed by atoms with E-state index >= 15 is 0 Å². The maximum absolute atomic E-state index is 9.70. The molecule has 35 heavy (non-hydrogen) atoms. The van der Waals surface area contributed by atoms with Gasteiger partial charge in [-0.2, -0.15) is 10.2 Å². The molecule has 2 heterocycles. The topological polar surface area (TPSA) is 87.0 Å². The van der Waals surface area contributed by atoms with E-state index in [4.69, 9.17) is 27.9 Å². The first-order valence-electron chi connectivity index (χ1n) is 11.3. The van der Waals surface area contributed by atoms with Gasteiger partial charge in [0.2, 0.25) is 5.95 Å². The minimum atomic E-state index is 0.184. The fourth-order valence-electron chi connectivity index (χ4n) is 3.65. The van der Waals surface area contributed by atoms with Crippen molar-refractivity contribution in [2.24, 2.45) is 0 Å². The Kier molecular flexibility index (Phi) is 7.98. The Morgan fingerprint density at radius 2 is 1.74 bits per heavy atom. The van der Waals surface area contributed by atoms with Crippen molar-refractivity contribution >= 4 is 45.9 Å². The summed E-state index contributed by atoms with van der Waals surface area (Å²) in [6.45, 7) is 7.82. The van der Waals surface area contributed by atoms with Gasteiger partial charge in [0, 0.05) is 45.0 Å². The summed E-state index contributed by atoms with van der Waals surface area (Å²) in [7, 11) is 0. The number of nitriles is 1. The van der Waals surface area contributed by atoms with Crippen LogP contribution in [0.4, 0.5) is 11.6 Å².